The van der Waals surface area contributed by atoms with Crippen LogP contribution in [0, 0.1) is 5.82 Å². The molecule has 10 heteroatoms. The summed E-state index contributed by atoms with van der Waals surface area (Å²) in [7, 11) is 0. The van der Waals surface area contributed by atoms with Crippen LogP contribution in [-0.2, 0) is 13.1 Å². The number of pyridine rings is 2. The summed E-state index contributed by atoms with van der Waals surface area (Å²) in [6, 6.07) is 6.73. The Morgan fingerprint density at radius 2 is 1.89 bits per heavy atom. The van der Waals surface area contributed by atoms with E-state index in [1.807, 2.05) is 6.07 Å². The number of aromatic nitrogens is 3. The molecular formula is C25H26FN5O4. The first-order chi connectivity index (χ1) is 17.2. The van der Waals surface area contributed by atoms with Gasteiger partial charge in [0.1, 0.15) is 19.0 Å². The average molecular weight is 480 g/mol. The lowest BCUT2D eigenvalue weighted by Gasteiger charge is -2.32. The number of nitrogens with one attached hydrogen (secondary N) is 1. The van der Waals surface area contributed by atoms with Crippen LogP contribution < -0.4 is 20.3 Å². The van der Waals surface area contributed by atoms with Crippen molar-refractivity contribution in [2.75, 3.05) is 32.8 Å². The smallest absolute Gasteiger partial charge is 0.280 e. The maximum atomic E-state index is 14.0. The Morgan fingerprint density at radius 1 is 1.06 bits per heavy atom. The number of halogens is 1. The molecule has 35 heavy (non-hydrogen) atoms. The maximum Gasteiger partial charge on any atom is 0.280 e. The third-order valence-electron chi connectivity index (χ3n) is 6.80. The number of likely N-dealkylation sites (tertiary alicyclic amines) is 1. The Morgan fingerprint density at radius 3 is 2.74 bits per heavy atom. The second-order valence-electron chi connectivity index (χ2n) is 8.96. The predicted molar refractivity (Wildman–Crippen MR) is 127 cm³/mol. The minimum absolute atomic E-state index is 0.254. The van der Waals surface area contributed by atoms with Crippen LogP contribution in [0.15, 0.2) is 46.1 Å². The molecule has 0 aliphatic carbocycles. The molecule has 182 valence electrons. The van der Waals surface area contributed by atoms with Crippen molar-refractivity contribution in [1.82, 2.24) is 24.8 Å². The number of hydrogen-bond donors (Lipinski definition) is 1. The Balaban J connectivity index is 1.07. The zero-order chi connectivity index (χ0) is 23.8. The summed E-state index contributed by atoms with van der Waals surface area (Å²) in [5, 5.41) is 4.28. The van der Waals surface area contributed by atoms with E-state index < -0.39 is 0 Å². The Bertz CT molecular complexity index is 1430. The van der Waals surface area contributed by atoms with Gasteiger partial charge in [0, 0.05) is 37.1 Å². The molecular weight excluding hydrogens is 453 g/mol. The van der Waals surface area contributed by atoms with E-state index in [-0.39, 0.29) is 16.9 Å². The van der Waals surface area contributed by atoms with Gasteiger partial charge in [-0.25, -0.2) is 9.37 Å². The molecule has 0 bridgehead atoms. The van der Waals surface area contributed by atoms with Crippen LogP contribution >= 0.6 is 0 Å². The molecule has 5 heterocycles. The van der Waals surface area contributed by atoms with Crippen molar-refractivity contribution < 1.29 is 18.3 Å². The zero-order valence-electron chi connectivity index (χ0n) is 19.2. The highest BCUT2D eigenvalue weighted by molar-refractivity contribution is 6.00. The molecule has 1 saturated heterocycles. The second kappa shape index (κ2) is 9.27. The molecule has 3 aromatic heterocycles. The number of ether oxygens (including phenoxy) is 2. The lowest BCUT2D eigenvalue weighted by Crippen LogP contribution is -2.43. The molecule has 2 aliphatic rings. The molecule has 1 fully saturated rings. The maximum absolute atomic E-state index is 14.0. The molecule has 1 N–H and O–H groups in total. The van der Waals surface area contributed by atoms with Gasteiger partial charge < -0.3 is 28.7 Å². The van der Waals surface area contributed by atoms with Gasteiger partial charge in [-0.1, -0.05) is 0 Å². The molecule has 0 unspecified atom stereocenters. The van der Waals surface area contributed by atoms with Crippen LogP contribution in [0.5, 0.6) is 11.5 Å². The number of oxazole rings is 1. The number of rotatable bonds is 6. The van der Waals surface area contributed by atoms with Crippen molar-refractivity contribution in [3.8, 4) is 11.5 Å². The molecule has 0 amide bonds. The Hall–Kier alpha value is -3.50. The van der Waals surface area contributed by atoms with Crippen molar-refractivity contribution in [3.63, 3.8) is 0 Å². The molecule has 0 atom stereocenters. The Labute approximate surface area is 200 Å². The highest BCUT2D eigenvalue weighted by atomic mass is 19.1. The number of nitrogens with zero attached hydrogens (tertiary/aromatic N) is 4. The van der Waals surface area contributed by atoms with E-state index in [2.05, 4.69) is 20.2 Å². The quantitative estimate of drug-likeness (QED) is 0.451. The minimum Gasteiger partial charge on any atom is -0.486 e. The molecule has 1 aromatic carbocycles. The molecule has 0 saturated carbocycles. The summed E-state index contributed by atoms with van der Waals surface area (Å²) in [5.41, 5.74) is 1.89. The van der Waals surface area contributed by atoms with Gasteiger partial charge in [0.25, 0.3) is 5.56 Å². The summed E-state index contributed by atoms with van der Waals surface area (Å²) < 4.78 is 32.2. The van der Waals surface area contributed by atoms with Crippen LogP contribution in [0.3, 0.4) is 0 Å². The third-order valence-corrected chi connectivity index (χ3v) is 6.80. The highest BCUT2D eigenvalue weighted by Gasteiger charge is 2.21. The normalized spacial score (nSPS) is 16.8. The van der Waals surface area contributed by atoms with Crippen molar-refractivity contribution in [2.45, 2.75) is 32.0 Å². The first kappa shape index (κ1) is 22.0. The Kier molecular flexibility index (Phi) is 5.83. The van der Waals surface area contributed by atoms with Crippen molar-refractivity contribution in [2.24, 2.45) is 0 Å². The van der Waals surface area contributed by atoms with Gasteiger partial charge in [-0.05, 0) is 44.1 Å². The zero-order valence-corrected chi connectivity index (χ0v) is 19.2. The van der Waals surface area contributed by atoms with Gasteiger partial charge in [-0.15, -0.1) is 0 Å². The second-order valence-corrected chi connectivity index (χ2v) is 8.96. The summed E-state index contributed by atoms with van der Waals surface area (Å²) in [6.07, 6.45) is 4.98. The minimum atomic E-state index is -0.385. The first-order valence-electron chi connectivity index (χ1n) is 11.9. The highest BCUT2D eigenvalue weighted by Crippen LogP contribution is 2.29. The van der Waals surface area contributed by atoms with Gasteiger partial charge in [0.2, 0.25) is 0 Å². The monoisotopic (exact) mass is 479 g/mol. The number of fused-ring (bicyclic) bond motifs is 4. The van der Waals surface area contributed by atoms with E-state index in [0.717, 1.165) is 37.4 Å². The number of hydrogen-bond acceptors (Lipinski definition) is 8. The molecule has 0 radical (unpaired) electrons. The fourth-order valence-corrected chi connectivity index (χ4v) is 4.91. The fourth-order valence-electron chi connectivity index (χ4n) is 4.91. The summed E-state index contributed by atoms with van der Waals surface area (Å²) in [5.74, 6) is 1.07. The van der Waals surface area contributed by atoms with Gasteiger partial charge in [0.15, 0.2) is 29.0 Å². The number of piperidine rings is 1. The van der Waals surface area contributed by atoms with Crippen molar-refractivity contribution in [1.29, 1.82) is 0 Å². The van der Waals surface area contributed by atoms with E-state index in [9.17, 15) is 9.18 Å². The van der Waals surface area contributed by atoms with E-state index in [4.69, 9.17) is 13.9 Å². The SMILES string of the molecule is O=c1c2ncoc2c2ccc(F)cc2n1CCN1CCC(NCc2cc3c(cn2)OCCO3)CC1. The average Bonchev–Trinajstić information content (AvgIpc) is 3.38. The van der Waals surface area contributed by atoms with E-state index in [1.54, 1.807) is 16.8 Å². The third kappa shape index (κ3) is 4.35. The first-order valence-corrected chi connectivity index (χ1v) is 11.9. The van der Waals surface area contributed by atoms with E-state index >= 15 is 0 Å². The molecule has 4 aromatic rings. The molecule has 6 rings (SSSR count). The summed E-state index contributed by atoms with van der Waals surface area (Å²) >= 11 is 0. The topological polar surface area (TPSA) is 94.7 Å². The summed E-state index contributed by atoms with van der Waals surface area (Å²) in [4.78, 5) is 23.9. The van der Waals surface area contributed by atoms with Crippen molar-refractivity contribution >= 4 is 22.0 Å². The predicted octanol–water partition coefficient (Wildman–Crippen LogP) is 2.70. The van der Waals surface area contributed by atoms with Gasteiger partial charge in [-0.3, -0.25) is 9.78 Å². The standard InChI is InChI=1S/C25H26FN5O4/c26-16-1-2-19-20(11-16)31(25(32)23-24(19)35-15-29-23)8-7-30-5-3-17(4-6-30)27-13-18-12-21-22(14-28-18)34-10-9-33-21/h1-2,11-12,14-15,17,27H,3-10,13H2. The van der Waals surface area contributed by atoms with Crippen LogP contribution in [0.1, 0.15) is 18.5 Å². The van der Waals surface area contributed by atoms with Crippen LogP contribution in [0.25, 0.3) is 22.0 Å². The van der Waals surface area contributed by atoms with E-state index in [0.29, 0.717) is 61.1 Å². The number of benzene rings is 1. The van der Waals surface area contributed by atoms with Crippen LogP contribution in [-0.4, -0.2) is 58.3 Å². The molecule has 9 nitrogen and oxygen atoms in total. The van der Waals surface area contributed by atoms with Crippen LogP contribution in [0.2, 0.25) is 0 Å². The summed E-state index contributed by atoms with van der Waals surface area (Å²) in [6.45, 7) is 4.78. The van der Waals surface area contributed by atoms with Crippen molar-refractivity contribution in [3.05, 3.63) is 58.7 Å². The fraction of sp³-hybridized carbons (Fsp3) is 0.400. The van der Waals surface area contributed by atoms with Gasteiger partial charge in [0.05, 0.1) is 17.4 Å². The van der Waals surface area contributed by atoms with Gasteiger partial charge in [-0.2, -0.15) is 0 Å². The molecule has 2 aliphatic heterocycles. The lowest BCUT2D eigenvalue weighted by atomic mass is 10.0. The molecule has 0 spiro atoms. The lowest BCUT2D eigenvalue weighted by molar-refractivity contribution is 0.170. The van der Waals surface area contributed by atoms with Gasteiger partial charge >= 0.3 is 0 Å². The van der Waals surface area contributed by atoms with Crippen LogP contribution in [0.4, 0.5) is 4.39 Å². The largest absolute Gasteiger partial charge is 0.486 e. The van der Waals surface area contributed by atoms with E-state index in [1.165, 1.54) is 18.5 Å².